The van der Waals surface area contributed by atoms with Crippen molar-refractivity contribution in [2.24, 2.45) is 4.99 Å². The summed E-state index contributed by atoms with van der Waals surface area (Å²) in [7, 11) is 3.87. The van der Waals surface area contributed by atoms with Crippen LogP contribution in [-0.2, 0) is 13.0 Å². The number of halogens is 1. The third-order valence-electron chi connectivity index (χ3n) is 5.37. The minimum absolute atomic E-state index is 0.577. The van der Waals surface area contributed by atoms with Crippen LogP contribution in [0.1, 0.15) is 49.5 Å². The van der Waals surface area contributed by atoms with Crippen molar-refractivity contribution in [3.05, 3.63) is 40.7 Å². The van der Waals surface area contributed by atoms with Crippen molar-refractivity contribution in [3.63, 3.8) is 0 Å². The first-order chi connectivity index (χ1) is 14.1. The van der Waals surface area contributed by atoms with Gasteiger partial charge in [0.15, 0.2) is 11.1 Å². The first-order valence-corrected chi connectivity index (χ1v) is 11.9. The maximum Gasteiger partial charge on any atom is 0.193 e. The van der Waals surface area contributed by atoms with Crippen LogP contribution < -0.4 is 5.32 Å². The SMILES string of the molecule is CN=C(NCCCc1nnc(SC)n1C1CCCC1)N(C)Cc1ccc(Cl)cc1. The van der Waals surface area contributed by atoms with E-state index in [1.807, 2.05) is 38.4 Å². The fourth-order valence-electron chi connectivity index (χ4n) is 3.92. The Hall–Kier alpha value is -1.73. The van der Waals surface area contributed by atoms with Crippen LogP contribution in [0.15, 0.2) is 34.4 Å². The average molecular weight is 435 g/mol. The second kappa shape index (κ2) is 10.9. The van der Waals surface area contributed by atoms with Crippen LogP contribution in [0, 0.1) is 0 Å². The van der Waals surface area contributed by atoms with Gasteiger partial charge in [0.2, 0.25) is 0 Å². The highest BCUT2D eigenvalue weighted by atomic mass is 35.5. The van der Waals surface area contributed by atoms with E-state index in [9.17, 15) is 0 Å². The summed E-state index contributed by atoms with van der Waals surface area (Å²) in [5.41, 5.74) is 1.20. The molecule has 158 valence electrons. The summed E-state index contributed by atoms with van der Waals surface area (Å²) in [5, 5.41) is 14.2. The van der Waals surface area contributed by atoms with E-state index in [-0.39, 0.29) is 0 Å². The summed E-state index contributed by atoms with van der Waals surface area (Å²) < 4.78 is 2.39. The smallest absolute Gasteiger partial charge is 0.193 e. The number of guanidine groups is 1. The number of hydrogen-bond donors (Lipinski definition) is 1. The van der Waals surface area contributed by atoms with E-state index in [1.54, 1.807) is 11.8 Å². The number of nitrogens with zero attached hydrogens (tertiary/aromatic N) is 5. The Kier molecular flexibility index (Phi) is 8.24. The molecule has 8 heteroatoms. The number of thioether (sulfide) groups is 1. The highest BCUT2D eigenvalue weighted by Crippen LogP contribution is 2.33. The third kappa shape index (κ3) is 5.89. The molecule has 0 unspecified atom stereocenters. The highest BCUT2D eigenvalue weighted by molar-refractivity contribution is 7.98. The molecule has 0 saturated heterocycles. The second-order valence-electron chi connectivity index (χ2n) is 7.47. The third-order valence-corrected chi connectivity index (χ3v) is 6.27. The van der Waals surface area contributed by atoms with Crippen LogP contribution in [0.5, 0.6) is 0 Å². The number of benzene rings is 1. The molecule has 1 aromatic heterocycles. The zero-order valence-corrected chi connectivity index (χ0v) is 19.1. The van der Waals surface area contributed by atoms with Crippen molar-refractivity contribution in [2.75, 3.05) is 26.9 Å². The lowest BCUT2D eigenvalue weighted by Crippen LogP contribution is -2.39. The Morgan fingerprint density at radius 1 is 1.28 bits per heavy atom. The molecule has 1 saturated carbocycles. The summed E-state index contributed by atoms with van der Waals surface area (Å²) in [6.45, 7) is 1.63. The van der Waals surface area contributed by atoms with Crippen molar-refractivity contribution >= 4 is 29.3 Å². The standard InChI is InChI=1S/C21H31ClN6S/c1-23-20(27(2)15-16-10-12-17(22)13-11-16)24-14-6-9-19-25-26-21(29-3)28(19)18-7-4-5-8-18/h10-13,18H,4-9,14-15H2,1-3H3,(H,23,24). The molecule has 0 radical (unpaired) electrons. The minimum Gasteiger partial charge on any atom is -0.356 e. The summed E-state index contributed by atoms with van der Waals surface area (Å²) >= 11 is 7.67. The van der Waals surface area contributed by atoms with Gasteiger partial charge in [-0.2, -0.15) is 0 Å². The van der Waals surface area contributed by atoms with Crippen molar-refractivity contribution in [1.29, 1.82) is 0 Å². The van der Waals surface area contributed by atoms with E-state index in [0.29, 0.717) is 6.04 Å². The van der Waals surface area contributed by atoms with E-state index in [2.05, 4.69) is 36.2 Å². The van der Waals surface area contributed by atoms with Crippen LogP contribution in [0.3, 0.4) is 0 Å². The molecular weight excluding hydrogens is 404 g/mol. The Balaban J connectivity index is 1.50. The highest BCUT2D eigenvalue weighted by Gasteiger charge is 2.23. The van der Waals surface area contributed by atoms with E-state index >= 15 is 0 Å². The molecule has 0 atom stereocenters. The molecule has 3 rings (SSSR count). The lowest BCUT2D eigenvalue weighted by Gasteiger charge is -2.22. The molecule has 0 bridgehead atoms. The topological polar surface area (TPSA) is 58.3 Å². The predicted octanol–water partition coefficient (Wildman–Crippen LogP) is 4.41. The van der Waals surface area contributed by atoms with Gasteiger partial charge in [0.25, 0.3) is 0 Å². The van der Waals surface area contributed by atoms with E-state index in [1.165, 1.54) is 31.2 Å². The van der Waals surface area contributed by atoms with Crippen molar-refractivity contribution in [1.82, 2.24) is 25.0 Å². The Morgan fingerprint density at radius 3 is 2.66 bits per heavy atom. The maximum atomic E-state index is 5.97. The Morgan fingerprint density at radius 2 is 2.00 bits per heavy atom. The van der Waals surface area contributed by atoms with Gasteiger partial charge in [-0.3, -0.25) is 4.99 Å². The van der Waals surface area contributed by atoms with Crippen LogP contribution >= 0.6 is 23.4 Å². The van der Waals surface area contributed by atoms with Gasteiger partial charge < -0.3 is 14.8 Å². The zero-order chi connectivity index (χ0) is 20.6. The molecule has 1 aliphatic carbocycles. The average Bonchev–Trinajstić information content (AvgIpc) is 3.38. The molecule has 1 N–H and O–H groups in total. The fourth-order valence-corrected chi connectivity index (χ4v) is 4.62. The lowest BCUT2D eigenvalue weighted by molar-refractivity contribution is 0.457. The van der Waals surface area contributed by atoms with Crippen LogP contribution in [0.2, 0.25) is 5.02 Å². The number of aromatic nitrogens is 3. The molecular formula is C21H31ClN6S. The molecule has 1 fully saturated rings. The molecule has 2 aromatic rings. The summed E-state index contributed by atoms with van der Waals surface area (Å²) in [6, 6.07) is 8.51. The van der Waals surface area contributed by atoms with Gasteiger partial charge in [0.1, 0.15) is 5.82 Å². The number of rotatable bonds is 8. The molecule has 0 aliphatic heterocycles. The van der Waals surface area contributed by atoms with E-state index in [0.717, 1.165) is 47.9 Å². The van der Waals surface area contributed by atoms with Crippen LogP contribution in [0.25, 0.3) is 0 Å². The van der Waals surface area contributed by atoms with Gasteiger partial charge in [0.05, 0.1) is 0 Å². The first kappa shape index (κ1) is 22.0. The molecule has 0 spiro atoms. The maximum absolute atomic E-state index is 5.97. The molecule has 6 nitrogen and oxygen atoms in total. The van der Waals surface area contributed by atoms with Crippen LogP contribution in [0.4, 0.5) is 0 Å². The first-order valence-electron chi connectivity index (χ1n) is 10.3. The van der Waals surface area contributed by atoms with Crippen molar-refractivity contribution in [3.8, 4) is 0 Å². The molecule has 0 amide bonds. The molecule has 1 heterocycles. The molecule has 1 aliphatic rings. The van der Waals surface area contributed by atoms with Crippen molar-refractivity contribution in [2.45, 2.75) is 56.3 Å². The van der Waals surface area contributed by atoms with Gasteiger partial charge in [-0.15, -0.1) is 10.2 Å². The molecule has 1 aromatic carbocycles. The number of aliphatic imine (C=N–C) groups is 1. The van der Waals surface area contributed by atoms with Gasteiger partial charge in [-0.25, -0.2) is 0 Å². The second-order valence-corrected chi connectivity index (χ2v) is 8.68. The summed E-state index contributed by atoms with van der Waals surface area (Å²) in [4.78, 5) is 6.53. The van der Waals surface area contributed by atoms with Gasteiger partial charge in [0, 0.05) is 44.7 Å². The normalized spacial score (nSPS) is 15.1. The number of nitrogens with one attached hydrogen (secondary N) is 1. The quantitative estimate of drug-likeness (QED) is 0.288. The lowest BCUT2D eigenvalue weighted by atomic mass is 10.2. The largest absolute Gasteiger partial charge is 0.356 e. The minimum atomic E-state index is 0.577. The van der Waals surface area contributed by atoms with Crippen molar-refractivity contribution < 1.29 is 0 Å². The van der Waals surface area contributed by atoms with Gasteiger partial charge >= 0.3 is 0 Å². The summed E-state index contributed by atoms with van der Waals surface area (Å²) in [5.74, 6) is 2.01. The zero-order valence-electron chi connectivity index (χ0n) is 17.6. The Bertz CT molecular complexity index is 798. The van der Waals surface area contributed by atoms with Gasteiger partial charge in [-0.1, -0.05) is 48.3 Å². The predicted molar refractivity (Wildman–Crippen MR) is 122 cm³/mol. The van der Waals surface area contributed by atoms with Gasteiger partial charge in [-0.05, 0) is 43.2 Å². The van der Waals surface area contributed by atoms with Crippen LogP contribution in [-0.4, -0.2) is 52.5 Å². The van der Waals surface area contributed by atoms with E-state index < -0.39 is 0 Å². The summed E-state index contributed by atoms with van der Waals surface area (Å²) in [6.07, 6.45) is 9.13. The number of hydrogen-bond acceptors (Lipinski definition) is 4. The number of aryl methyl sites for hydroxylation is 1. The van der Waals surface area contributed by atoms with E-state index in [4.69, 9.17) is 11.6 Å². The fraction of sp³-hybridized carbons (Fsp3) is 0.571. The molecule has 29 heavy (non-hydrogen) atoms. The Labute approximate surface area is 183 Å². The monoisotopic (exact) mass is 434 g/mol.